The number of rotatable bonds is 3. The van der Waals surface area contributed by atoms with Crippen LogP contribution in [0.25, 0.3) is 0 Å². The summed E-state index contributed by atoms with van der Waals surface area (Å²) in [5, 5.41) is 8.46. The summed E-state index contributed by atoms with van der Waals surface area (Å²) in [6.45, 7) is 5.66. The molecule has 0 rings (SSSR count). The molecule has 1 atom stereocenters. The fourth-order valence-corrected chi connectivity index (χ4v) is 0.616. The summed E-state index contributed by atoms with van der Waals surface area (Å²) in [5.74, 6) is -0.448. The van der Waals surface area contributed by atoms with Crippen molar-refractivity contribution in [1.82, 2.24) is 0 Å². The molecule has 0 fully saturated rings. The molecule has 0 aliphatic heterocycles. The molecular weight excluding hydrogens is 128 g/mol. The number of carboxylic acid groups (broad SMARTS) is 1. The molecule has 0 aromatic carbocycles. The Bertz CT molecular complexity index is 147. The number of hydrogen-bond donors (Lipinski definition) is 1. The maximum Gasteiger partial charge on any atom is 0.330 e. The van der Waals surface area contributed by atoms with Crippen LogP contribution in [0.5, 0.6) is 0 Å². The van der Waals surface area contributed by atoms with Crippen LogP contribution in [0.4, 0.5) is 0 Å². The van der Waals surface area contributed by atoms with E-state index in [0.29, 0.717) is 11.5 Å². The van der Waals surface area contributed by atoms with Gasteiger partial charge in [-0.05, 0) is 12.8 Å². The number of allylic oxidation sites excluding steroid dienone is 1. The van der Waals surface area contributed by atoms with E-state index in [0.717, 1.165) is 6.42 Å². The van der Waals surface area contributed by atoms with Crippen molar-refractivity contribution in [2.24, 2.45) is 5.92 Å². The van der Waals surface area contributed by atoms with Gasteiger partial charge in [-0.15, -0.1) is 0 Å². The zero-order chi connectivity index (χ0) is 8.15. The van der Waals surface area contributed by atoms with E-state index >= 15 is 0 Å². The van der Waals surface area contributed by atoms with Crippen LogP contribution in [0.15, 0.2) is 11.6 Å². The van der Waals surface area contributed by atoms with Gasteiger partial charge in [0.2, 0.25) is 0 Å². The van der Waals surface area contributed by atoms with Crippen LogP contribution in [0, 0.1) is 5.92 Å². The van der Waals surface area contributed by atoms with E-state index in [1.165, 1.54) is 0 Å². The summed E-state index contributed by atoms with van der Waals surface area (Å²) in [4.78, 5) is 10.3. The van der Waals surface area contributed by atoms with Crippen molar-refractivity contribution in [3.63, 3.8) is 0 Å². The Kier molecular flexibility index (Phi) is 3.77. The third kappa shape index (κ3) is 3.28. The topological polar surface area (TPSA) is 37.3 Å². The summed E-state index contributed by atoms with van der Waals surface area (Å²) in [6.07, 6.45) is 2.77. The van der Waals surface area contributed by atoms with Crippen molar-refractivity contribution in [3.8, 4) is 0 Å². The van der Waals surface area contributed by atoms with Gasteiger partial charge in [0.1, 0.15) is 0 Å². The van der Waals surface area contributed by atoms with Crippen molar-refractivity contribution >= 4 is 5.97 Å². The molecule has 0 aromatic rings. The standard InChI is InChI=1S/C8H14O2/c1-4-6(2)5-7(3)8(9)10/h5-6H,4H2,1-3H3,(H,9,10). The lowest BCUT2D eigenvalue weighted by Crippen LogP contribution is -1.98. The molecule has 1 N–H and O–H groups in total. The Hall–Kier alpha value is -0.790. The predicted molar refractivity (Wildman–Crippen MR) is 40.8 cm³/mol. The van der Waals surface area contributed by atoms with Crippen molar-refractivity contribution in [2.45, 2.75) is 27.2 Å². The van der Waals surface area contributed by atoms with Gasteiger partial charge in [-0.25, -0.2) is 4.79 Å². The minimum absolute atomic E-state index is 0.371. The Morgan fingerprint density at radius 2 is 2.20 bits per heavy atom. The van der Waals surface area contributed by atoms with Crippen LogP contribution < -0.4 is 0 Å². The minimum atomic E-state index is -0.819. The molecule has 0 aliphatic rings. The van der Waals surface area contributed by atoms with Crippen molar-refractivity contribution in [2.75, 3.05) is 0 Å². The highest BCUT2D eigenvalue weighted by molar-refractivity contribution is 5.85. The molecular formula is C8H14O2. The van der Waals surface area contributed by atoms with Gasteiger partial charge in [0.15, 0.2) is 0 Å². The van der Waals surface area contributed by atoms with Crippen LogP contribution in [0.3, 0.4) is 0 Å². The first-order chi connectivity index (χ1) is 4.57. The monoisotopic (exact) mass is 142 g/mol. The third-order valence-electron chi connectivity index (χ3n) is 1.52. The van der Waals surface area contributed by atoms with Crippen molar-refractivity contribution < 1.29 is 9.90 Å². The first kappa shape index (κ1) is 9.21. The normalized spacial score (nSPS) is 14.9. The molecule has 2 heteroatoms. The summed E-state index contributed by atoms with van der Waals surface area (Å²) >= 11 is 0. The van der Waals surface area contributed by atoms with E-state index < -0.39 is 5.97 Å². The molecule has 0 saturated carbocycles. The minimum Gasteiger partial charge on any atom is -0.478 e. The molecule has 58 valence electrons. The molecule has 2 nitrogen and oxygen atoms in total. The smallest absolute Gasteiger partial charge is 0.330 e. The lowest BCUT2D eigenvalue weighted by molar-refractivity contribution is -0.132. The summed E-state index contributed by atoms with van der Waals surface area (Å²) in [7, 11) is 0. The maximum atomic E-state index is 10.3. The van der Waals surface area contributed by atoms with Gasteiger partial charge < -0.3 is 5.11 Å². The largest absolute Gasteiger partial charge is 0.478 e. The second-order valence-corrected chi connectivity index (χ2v) is 2.54. The Balaban J connectivity index is 4.02. The van der Waals surface area contributed by atoms with Gasteiger partial charge in [-0.3, -0.25) is 0 Å². The van der Waals surface area contributed by atoms with Gasteiger partial charge in [-0.1, -0.05) is 26.3 Å². The average Bonchev–Trinajstić information content (AvgIpc) is 1.87. The molecule has 0 saturated heterocycles. The van der Waals surface area contributed by atoms with Crippen molar-refractivity contribution in [3.05, 3.63) is 11.6 Å². The second-order valence-electron chi connectivity index (χ2n) is 2.54. The van der Waals surface area contributed by atoms with Crippen molar-refractivity contribution in [1.29, 1.82) is 0 Å². The lowest BCUT2D eigenvalue weighted by atomic mass is 10.1. The molecule has 0 spiro atoms. The fourth-order valence-electron chi connectivity index (χ4n) is 0.616. The third-order valence-corrected chi connectivity index (χ3v) is 1.52. The Morgan fingerprint density at radius 1 is 1.70 bits per heavy atom. The molecule has 0 radical (unpaired) electrons. The lowest BCUT2D eigenvalue weighted by Gasteiger charge is -2.00. The Morgan fingerprint density at radius 3 is 2.50 bits per heavy atom. The van der Waals surface area contributed by atoms with Gasteiger partial charge in [0.05, 0.1) is 0 Å². The molecule has 0 heterocycles. The zero-order valence-electron chi connectivity index (χ0n) is 6.72. The van der Waals surface area contributed by atoms with Gasteiger partial charge in [-0.2, -0.15) is 0 Å². The molecule has 10 heavy (non-hydrogen) atoms. The first-order valence-corrected chi connectivity index (χ1v) is 3.49. The van der Waals surface area contributed by atoms with Crippen LogP contribution in [-0.2, 0) is 4.79 Å². The maximum absolute atomic E-state index is 10.3. The van der Waals surface area contributed by atoms with Crippen LogP contribution in [0.1, 0.15) is 27.2 Å². The quantitative estimate of drug-likeness (QED) is 0.612. The van der Waals surface area contributed by atoms with E-state index in [1.54, 1.807) is 13.0 Å². The average molecular weight is 142 g/mol. The van der Waals surface area contributed by atoms with Crippen LogP contribution in [-0.4, -0.2) is 11.1 Å². The zero-order valence-corrected chi connectivity index (χ0v) is 6.72. The number of aliphatic carboxylic acids is 1. The van der Waals surface area contributed by atoms with Crippen LogP contribution >= 0.6 is 0 Å². The molecule has 0 amide bonds. The summed E-state index contributed by atoms with van der Waals surface area (Å²) < 4.78 is 0. The fraction of sp³-hybridized carbons (Fsp3) is 0.625. The van der Waals surface area contributed by atoms with Gasteiger partial charge in [0.25, 0.3) is 0 Å². The number of hydrogen-bond acceptors (Lipinski definition) is 1. The second kappa shape index (κ2) is 4.09. The van der Waals surface area contributed by atoms with Gasteiger partial charge in [0, 0.05) is 5.57 Å². The molecule has 0 bridgehead atoms. The molecule has 0 aromatic heterocycles. The highest BCUT2D eigenvalue weighted by Gasteiger charge is 2.01. The summed E-state index contributed by atoms with van der Waals surface area (Å²) in [6, 6.07) is 0. The Labute approximate surface area is 61.6 Å². The SMILES string of the molecule is CCC(C)C=C(C)C(=O)O. The number of carbonyl (C=O) groups is 1. The highest BCUT2D eigenvalue weighted by Crippen LogP contribution is 2.05. The van der Waals surface area contributed by atoms with E-state index in [4.69, 9.17) is 5.11 Å². The predicted octanol–water partition coefficient (Wildman–Crippen LogP) is 2.06. The van der Waals surface area contributed by atoms with E-state index in [2.05, 4.69) is 0 Å². The van der Waals surface area contributed by atoms with E-state index in [-0.39, 0.29) is 0 Å². The first-order valence-electron chi connectivity index (χ1n) is 3.49. The van der Waals surface area contributed by atoms with Gasteiger partial charge >= 0.3 is 5.97 Å². The van der Waals surface area contributed by atoms with E-state index in [9.17, 15) is 4.79 Å². The molecule has 0 aliphatic carbocycles. The van der Waals surface area contributed by atoms with Crippen LogP contribution in [0.2, 0.25) is 0 Å². The summed E-state index contributed by atoms with van der Waals surface area (Å²) in [5.41, 5.74) is 0.439. The molecule has 1 unspecified atom stereocenters. The van der Waals surface area contributed by atoms with E-state index in [1.807, 2.05) is 13.8 Å². The number of carboxylic acids is 1. The highest BCUT2D eigenvalue weighted by atomic mass is 16.4.